The SMILES string of the molecule is Cc1cc(NC(=O)[C@H](C)OC(=O)[C@@H]2CC=CCC2)on1. The fraction of sp³-hybridized carbons (Fsp3) is 0.500. The molecule has 6 nitrogen and oxygen atoms in total. The van der Waals surface area contributed by atoms with Crippen LogP contribution in [-0.2, 0) is 14.3 Å². The van der Waals surface area contributed by atoms with Crippen LogP contribution in [0.5, 0.6) is 0 Å². The van der Waals surface area contributed by atoms with Crippen molar-refractivity contribution in [3.63, 3.8) is 0 Å². The molecule has 1 heterocycles. The third kappa shape index (κ3) is 3.69. The minimum Gasteiger partial charge on any atom is -0.452 e. The van der Waals surface area contributed by atoms with Gasteiger partial charge in [0.15, 0.2) is 6.10 Å². The smallest absolute Gasteiger partial charge is 0.310 e. The van der Waals surface area contributed by atoms with E-state index < -0.39 is 12.0 Å². The molecule has 0 spiro atoms. The van der Waals surface area contributed by atoms with E-state index in [-0.39, 0.29) is 17.8 Å². The largest absolute Gasteiger partial charge is 0.452 e. The van der Waals surface area contributed by atoms with Crippen molar-refractivity contribution in [1.82, 2.24) is 5.16 Å². The number of hydrogen-bond donors (Lipinski definition) is 1. The summed E-state index contributed by atoms with van der Waals surface area (Å²) in [7, 11) is 0. The van der Waals surface area contributed by atoms with Crippen LogP contribution < -0.4 is 5.32 Å². The van der Waals surface area contributed by atoms with Gasteiger partial charge in [0.1, 0.15) is 0 Å². The number of carbonyl (C=O) groups is 2. The van der Waals surface area contributed by atoms with Crippen LogP contribution >= 0.6 is 0 Å². The molecule has 0 unspecified atom stereocenters. The normalized spacial score (nSPS) is 19.4. The van der Waals surface area contributed by atoms with Gasteiger partial charge in [0.2, 0.25) is 5.88 Å². The van der Waals surface area contributed by atoms with Crippen molar-refractivity contribution >= 4 is 17.8 Å². The molecule has 0 fully saturated rings. The van der Waals surface area contributed by atoms with Gasteiger partial charge in [-0.25, -0.2) is 0 Å². The number of ether oxygens (including phenoxy) is 1. The van der Waals surface area contributed by atoms with Gasteiger partial charge in [0.25, 0.3) is 5.91 Å². The number of esters is 1. The lowest BCUT2D eigenvalue weighted by Crippen LogP contribution is -2.32. The third-order valence-electron chi connectivity index (χ3n) is 3.14. The first kappa shape index (κ1) is 14.3. The zero-order valence-electron chi connectivity index (χ0n) is 11.6. The summed E-state index contributed by atoms with van der Waals surface area (Å²) in [5.41, 5.74) is 0.666. The topological polar surface area (TPSA) is 81.4 Å². The Labute approximate surface area is 117 Å². The van der Waals surface area contributed by atoms with Crippen molar-refractivity contribution in [3.8, 4) is 0 Å². The van der Waals surface area contributed by atoms with Crippen LogP contribution in [0.1, 0.15) is 31.9 Å². The highest BCUT2D eigenvalue weighted by Crippen LogP contribution is 2.20. The van der Waals surface area contributed by atoms with E-state index in [4.69, 9.17) is 9.26 Å². The number of hydrogen-bond acceptors (Lipinski definition) is 5. The molecule has 0 saturated heterocycles. The molecule has 0 bridgehead atoms. The fourth-order valence-corrected chi connectivity index (χ4v) is 1.98. The van der Waals surface area contributed by atoms with Crippen LogP contribution in [0.2, 0.25) is 0 Å². The Hall–Kier alpha value is -2.11. The van der Waals surface area contributed by atoms with Crippen molar-refractivity contribution in [2.75, 3.05) is 5.32 Å². The molecule has 1 aliphatic rings. The van der Waals surface area contributed by atoms with Gasteiger partial charge in [0, 0.05) is 6.07 Å². The molecule has 0 aliphatic heterocycles. The Balaban J connectivity index is 1.84. The maximum absolute atomic E-state index is 11.9. The second-order valence-corrected chi connectivity index (χ2v) is 4.88. The lowest BCUT2D eigenvalue weighted by atomic mass is 9.95. The van der Waals surface area contributed by atoms with Crippen LogP contribution in [0.3, 0.4) is 0 Å². The summed E-state index contributed by atoms with van der Waals surface area (Å²) in [5.74, 6) is -0.662. The molecule has 0 radical (unpaired) electrons. The molecule has 0 saturated carbocycles. The number of aromatic nitrogens is 1. The molecule has 108 valence electrons. The molecule has 1 aliphatic carbocycles. The quantitative estimate of drug-likeness (QED) is 0.674. The number of anilines is 1. The summed E-state index contributed by atoms with van der Waals surface area (Å²) in [6.45, 7) is 3.29. The first-order valence-corrected chi connectivity index (χ1v) is 6.66. The Morgan fingerprint density at radius 2 is 2.30 bits per heavy atom. The van der Waals surface area contributed by atoms with Gasteiger partial charge in [0.05, 0.1) is 11.6 Å². The molecular weight excluding hydrogens is 260 g/mol. The number of nitrogens with zero attached hydrogens (tertiary/aromatic N) is 1. The Bertz CT molecular complexity index is 521. The molecule has 0 aromatic carbocycles. The second kappa shape index (κ2) is 6.36. The minimum atomic E-state index is -0.862. The van der Waals surface area contributed by atoms with E-state index >= 15 is 0 Å². The zero-order chi connectivity index (χ0) is 14.5. The van der Waals surface area contributed by atoms with Crippen molar-refractivity contribution in [3.05, 3.63) is 23.9 Å². The number of rotatable bonds is 4. The highest BCUT2D eigenvalue weighted by Gasteiger charge is 2.25. The molecule has 20 heavy (non-hydrogen) atoms. The van der Waals surface area contributed by atoms with Crippen LogP contribution in [0, 0.1) is 12.8 Å². The zero-order valence-corrected chi connectivity index (χ0v) is 11.6. The van der Waals surface area contributed by atoms with Crippen molar-refractivity contribution in [1.29, 1.82) is 0 Å². The number of nitrogens with one attached hydrogen (secondary N) is 1. The molecule has 2 atom stereocenters. The predicted octanol–water partition coefficient (Wildman–Crippen LogP) is 2.21. The van der Waals surface area contributed by atoms with E-state index in [1.54, 1.807) is 13.0 Å². The standard InChI is InChI=1S/C14H18N2O4/c1-9-8-12(20-16-9)15-13(17)10(2)19-14(18)11-6-4-3-5-7-11/h3-4,8,10-11H,5-7H2,1-2H3,(H,15,17)/t10-,11+/m0/s1. The average molecular weight is 278 g/mol. The van der Waals surface area contributed by atoms with Gasteiger partial charge in [-0.3, -0.25) is 14.9 Å². The number of amides is 1. The van der Waals surface area contributed by atoms with E-state index in [0.29, 0.717) is 12.1 Å². The Morgan fingerprint density at radius 1 is 1.50 bits per heavy atom. The number of allylic oxidation sites excluding steroid dienone is 2. The maximum Gasteiger partial charge on any atom is 0.310 e. The van der Waals surface area contributed by atoms with E-state index in [1.165, 1.54) is 6.92 Å². The fourth-order valence-electron chi connectivity index (χ4n) is 1.98. The first-order valence-electron chi connectivity index (χ1n) is 6.66. The molecule has 1 N–H and O–H groups in total. The van der Waals surface area contributed by atoms with Crippen molar-refractivity contribution in [2.45, 2.75) is 39.2 Å². The van der Waals surface area contributed by atoms with Crippen LogP contribution in [-0.4, -0.2) is 23.1 Å². The highest BCUT2D eigenvalue weighted by molar-refractivity contribution is 5.94. The van der Waals surface area contributed by atoms with Crippen molar-refractivity contribution in [2.24, 2.45) is 5.92 Å². The highest BCUT2D eigenvalue weighted by atomic mass is 16.5. The van der Waals surface area contributed by atoms with E-state index in [2.05, 4.69) is 10.5 Å². The summed E-state index contributed by atoms with van der Waals surface area (Å²) >= 11 is 0. The van der Waals surface area contributed by atoms with Gasteiger partial charge in [-0.1, -0.05) is 17.3 Å². The van der Waals surface area contributed by atoms with Gasteiger partial charge in [-0.2, -0.15) is 0 Å². The first-order chi connectivity index (χ1) is 9.56. The maximum atomic E-state index is 11.9. The van der Waals surface area contributed by atoms with Crippen LogP contribution in [0.15, 0.2) is 22.7 Å². The molecule has 1 amide bonds. The molecule has 1 aromatic heterocycles. The number of carbonyl (C=O) groups excluding carboxylic acids is 2. The Morgan fingerprint density at radius 3 is 2.90 bits per heavy atom. The summed E-state index contributed by atoms with van der Waals surface area (Å²) < 4.78 is 10.1. The van der Waals surface area contributed by atoms with E-state index in [0.717, 1.165) is 12.8 Å². The van der Waals surface area contributed by atoms with Gasteiger partial charge >= 0.3 is 5.97 Å². The summed E-state index contributed by atoms with van der Waals surface area (Å²) in [5, 5.41) is 6.17. The molecule has 6 heteroatoms. The molecule has 2 rings (SSSR count). The summed E-state index contributed by atoms with van der Waals surface area (Å²) in [6, 6.07) is 1.60. The average Bonchev–Trinajstić information content (AvgIpc) is 2.85. The molecule has 1 aromatic rings. The van der Waals surface area contributed by atoms with Crippen LogP contribution in [0.4, 0.5) is 5.88 Å². The molecular formula is C14H18N2O4. The monoisotopic (exact) mass is 278 g/mol. The lowest BCUT2D eigenvalue weighted by molar-refractivity contribution is -0.157. The number of aryl methyl sites for hydroxylation is 1. The summed E-state index contributed by atoms with van der Waals surface area (Å²) in [4.78, 5) is 23.7. The van der Waals surface area contributed by atoms with Gasteiger partial charge in [-0.15, -0.1) is 0 Å². The Kier molecular flexibility index (Phi) is 4.55. The van der Waals surface area contributed by atoms with E-state index in [1.807, 2.05) is 12.2 Å². The predicted molar refractivity (Wildman–Crippen MR) is 71.9 cm³/mol. The van der Waals surface area contributed by atoms with Gasteiger partial charge < -0.3 is 9.26 Å². The van der Waals surface area contributed by atoms with E-state index in [9.17, 15) is 9.59 Å². The van der Waals surface area contributed by atoms with Gasteiger partial charge in [-0.05, 0) is 33.1 Å². The minimum absolute atomic E-state index is 0.150. The van der Waals surface area contributed by atoms with Crippen LogP contribution in [0.25, 0.3) is 0 Å². The third-order valence-corrected chi connectivity index (χ3v) is 3.14. The summed E-state index contributed by atoms with van der Waals surface area (Å²) in [6.07, 6.45) is 5.47. The van der Waals surface area contributed by atoms with Crippen molar-refractivity contribution < 1.29 is 18.8 Å². The second-order valence-electron chi connectivity index (χ2n) is 4.88. The lowest BCUT2D eigenvalue weighted by Gasteiger charge is -2.19.